The van der Waals surface area contributed by atoms with E-state index in [9.17, 15) is 4.79 Å². The lowest BCUT2D eigenvalue weighted by atomic mass is 9.90. The summed E-state index contributed by atoms with van der Waals surface area (Å²) in [5, 5.41) is 9.92. The Morgan fingerprint density at radius 3 is 2.42 bits per heavy atom. The number of nitrogens with one attached hydrogen (secondary N) is 1. The fraction of sp³-hybridized carbons (Fsp3) is 0.259. The van der Waals surface area contributed by atoms with Crippen LogP contribution in [-0.4, -0.2) is 38.7 Å². The summed E-state index contributed by atoms with van der Waals surface area (Å²) in [4.78, 5) is 18.9. The van der Waals surface area contributed by atoms with Crippen LogP contribution in [0, 0.1) is 0 Å². The van der Waals surface area contributed by atoms with E-state index in [1.807, 2.05) is 18.3 Å². The molecule has 1 saturated heterocycles. The first-order valence-electron chi connectivity index (χ1n) is 11.4. The third kappa shape index (κ3) is 4.82. The molecule has 33 heavy (non-hydrogen) atoms. The van der Waals surface area contributed by atoms with E-state index in [1.54, 1.807) is 17.6 Å². The van der Waals surface area contributed by atoms with Gasteiger partial charge in [0.2, 0.25) is 0 Å². The first-order valence-corrected chi connectivity index (χ1v) is 11.4. The number of aromatic nitrogens is 2. The molecule has 4 aromatic rings. The van der Waals surface area contributed by atoms with Crippen molar-refractivity contribution in [3.8, 4) is 0 Å². The van der Waals surface area contributed by atoms with Crippen LogP contribution in [0.3, 0.4) is 0 Å². The predicted octanol–water partition coefficient (Wildman–Crippen LogP) is 4.58. The largest absolute Gasteiger partial charge is 0.328 e. The van der Waals surface area contributed by atoms with Crippen LogP contribution in [0.15, 0.2) is 79.1 Å². The number of carbonyl (C=O) groups excluding carboxylic acids is 1. The Kier molecular flexibility index (Phi) is 6.19. The van der Waals surface area contributed by atoms with Gasteiger partial charge in [-0.3, -0.25) is 14.9 Å². The van der Waals surface area contributed by atoms with E-state index in [1.165, 1.54) is 11.1 Å². The Balaban J connectivity index is 1.23. The van der Waals surface area contributed by atoms with Crippen LogP contribution >= 0.6 is 0 Å². The molecule has 0 spiro atoms. The summed E-state index contributed by atoms with van der Waals surface area (Å²) >= 11 is 0. The molecule has 0 bridgehead atoms. The summed E-state index contributed by atoms with van der Waals surface area (Å²) in [6.45, 7) is 3.93. The summed E-state index contributed by atoms with van der Waals surface area (Å²) in [6.07, 6.45) is 6.44. The molecule has 1 aliphatic rings. The van der Waals surface area contributed by atoms with Gasteiger partial charge < -0.3 is 4.57 Å². The molecule has 0 radical (unpaired) electrons. The van der Waals surface area contributed by atoms with E-state index in [-0.39, 0.29) is 0 Å². The van der Waals surface area contributed by atoms with Crippen LogP contribution in [0.5, 0.6) is 0 Å². The molecule has 1 aliphatic heterocycles. The molecule has 0 aliphatic carbocycles. The maximum atomic E-state index is 11.5. The van der Waals surface area contributed by atoms with Gasteiger partial charge in [0.15, 0.2) is 0 Å². The number of benzene rings is 2. The molecule has 2 N–H and O–H groups in total. The summed E-state index contributed by atoms with van der Waals surface area (Å²) in [5.74, 6) is 0.0514. The van der Waals surface area contributed by atoms with Crippen LogP contribution in [0.2, 0.25) is 0 Å². The fourth-order valence-corrected chi connectivity index (χ4v) is 4.73. The molecule has 6 nitrogen and oxygen atoms in total. The van der Waals surface area contributed by atoms with E-state index in [0.717, 1.165) is 49.1 Å². The van der Waals surface area contributed by atoms with Gasteiger partial charge in [0.25, 0.3) is 5.91 Å². The quantitative estimate of drug-likeness (QED) is 0.340. The van der Waals surface area contributed by atoms with Gasteiger partial charge in [0.1, 0.15) is 5.65 Å². The zero-order valence-electron chi connectivity index (χ0n) is 18.5. The zero-order chi connectivity index (χ0) is 22.6. The number of nitrogens with zero attached hydrogens (tertiary/aromatic N) is 3. The van der Waals surface area contributed by atoms with Gasteiger partial charge in [-0.2, -0.15) is 0 Å². The number of carbonyl (C=O) groups is 1. The molecular formula is C27H28N4O2. The highest BCUT2D eigenvalue weighted by atomic mass is 16.5. The topological polar surface area (TPSA) is 70.4 Å². The number of piperidine rings is 1. The average molecular weight is 441 g/mol. The van der Waals surface area contributed by atoms with Crippen LogP contribution in [0.4, 0.5) is 0 Å². The maximum Gasteiger partial charge on any atom is 0.274 e. The van der Waals surface area contributed by atoms with E-state index < -0.39 is 5.91 Å². The van der Waals surface area contributed by atoms with Gasteiger partial charge in [-0.15, -0.1) is 0 Å². The molecule has 0 atom stereocenters. The van der Waals surface area contributed by atoms with Gasteiger partial charge in [-0.1, -0.05) is 42.5 Å². The van der Waals surface area contributed by atoms with Crippen molar-refractivity contribution in [1.82, 2.24) is 19.9 Å². The van der Waals surface area contributed by atoms with Gasteiger partial charge in [-0.25, -0.2) is 10.5 Å². The normalized spacial score (nSPS) is 15.1. The highest BCUT2D eigenvalue weighted by Gasteiger charge is 2.21. The monoisotopic (exact) mass is 440 g/mol. The number of hydrogen-bond acceptors (Lipinski definition) is 4. The number of hydrogen-bond donors (Lipinski definition) is 2. The second kappa shape index (κ2) is 9.57. The summed E-state index contributed by atoms with van der Waals surface area (Å²) in [6, 6.07) is 22.3. The molecule has 3 heterocycles. The van der Waals surface area contributed by atoms with Crippen molar-refractivity contribution in [3.05, 3.63) is 101 Å². The van der Waals surface area contributed by atoms with Crippen molar-refractivity contribution < 1.29 is 10.0 Å². The minimum atomic E-state index is -0.506. The number of pyridine rings is 1. The number of hydroxylamine groups is 1. The second-order valence-corrected chi connectivity index (χ2v) is 8.80. The van der Waals surface area contributed by atoms with Crippen LogP contribution in [0.25, 0.3) is 11.0 Å². The lowest BCUT2D eigenvalue weighted by molar-refractivity contribution is 0.0706. The van der Waals surface area contributed by atoms with Crippen LogP contribution in [0.1, 0.15) is 45.8 Å². The van der Waals surface area contributed by atoms with Crippen molar-refractivity contribution in [2.24, 2.45) is 0 Å². The number of likely N-dealkylation sites (tertiary alicyclic amines) is 1. The van der Waals surface area contributed by atoms with Crippen molar-refractivity contribution in [2.45, 2.75) is 31.8 Å². The van der Waals surface area contributed by atoms with E-state index in [2.05, 4.69) is 58.1 Å². The first kappa shape index (κ1) is 21.4. The minimum absolute atomic E-state index is 0.427. The molecular weight excluding hydrogens is 412 g/mol. The standard InChI is InChI=1S/C27H28N4O2/c32-27(29-33)23-8-6-21(7-9-23)19-31-15-12-24-16-25(17-28-26(24)31)22-10-13-30(14-11-22)18-20-4-2-1-3-5-20/h1-9,12,15-17,22,33H,10-11,13-14,18-19H2,(H,29,32). The van der Waals surface area contributed by atoms with E-state index in [4.69, 9.17) is 10.2 Å². The zero-order valence-corrected chi connectivity index (χ0v) is 18.5. The Morgan fingerprint density at radius 2 is 1.70 bits per heavy atom. The summed E-state index contributed by atoms with van der Waals surface area (Å²) in [7, 11) is 0. The molecule has 0 saturated carbocycles. The number of rotatable bonds is 6. The van der Waals surface area contributed by atoms with Gasteiger partial charge in [0, 0.05) is 36.4 Å². The molecule has 2 aromatic carbocycles. The Morgan fingerprint density at radius 1 is 0.970 bits per heavy atom. The summed E-state index contributed by atoms with van der Waals surface area (Å²) < 4.78 is 2.13. The van der Waals surface area contributed by atoms with Crippen molar-refractivity contribution >= 4 is 16.9 Å². The highest BCUT2D eigenvalue weighted by Crippen LogP contribution is 2.30. The van der Waals surface area contributed by atoms with Crippen LogP contribution < -0.4 is 5.48 Å². The smallest absolute Gasteiger partial charge is 0.274 e. The molecule has 1 fully saturated rings. The molecule has 1 amide bonds. The average Bonchev–Trinajstić information content (AvgIpc) is 3.27. The van der Waals surface area contributed by atoms with Crippen molar-refractivity contribution in [2.75, 3.05) is 13.1 Å². The van der Waals surface area contributed by atoms with Gasteiger partial charge in [-0.05, 0) is 72.8 Å². The number of fused-ring (bicyclic) bond motifs is 1. The maximum absolute atomic E-state index is 11.5. The predicted molar refractivity (Wildman–Crippen MR) is 128 cm³/mol. The van der Waals surface area contributed by atoms with Gasteiger partial charge >= 0.3 is 0 Å². The molecule has 6 heteroatoms. The number of amides is 1. The van der Waals surface area contributed by atoms with E-state index in [0.29, 0.717) is 18.0 Å². The van der Waals surface area contributed by atoms with Crippen molar-refractivity contribution in [3.63, 3.8) is 0 Å². The molecule has 0 unspecified atom stereocenters. The van der Waals surface area contributed by atoms with Crippen LogP contribution in [-0.2, 0) is 13.1 Å². The third-order valence-electron chi connectivity index (χ3n) is 6.60. The molecule has 2 aromatic heterocycles. The Labute approximate surface area is 193 Å². The van der Waals surface area contributed by atoms with E-state index >= 15 is 0 Å². The highest BCUT2D eigenvalue weighted by molar-refractivity contribution is 5.93. The second-order valence-electron chi connectivity index (χ2n) is 8.80. The minimum Gasteiger partial charge on any atom is -0.328 e. The fourth-order valence-electron chi connectivity index (χ4n) is 4.73. The first-order chi connectivity index (χ1) is 16.2. The lowest BCUT2D eigenvalue weighted by Crippen LogP contribution is -2.32. The summed E-state index contributed by atoms with van der Waals surface area (Å²) in [5.41, 5.74) is 6.84. The molecule has 5 rings (SSSR count). The lowest BCUT2D eigenvalue weighted by Gasteiger charge is -2.32. The van der Waals surface area contributed by atoms with Crippen molar-refractivity contribution in [1.29, 1.82) is 0 Å². The third-order valence-corrected chi connectivity index (χ3v) is 6.60. The Hall–Kier alpha value is -3.48. The SMILES string of the molecule is O=C(NO)c1ccc(Cn2ccc3cc(C4CCN(Cc5ccccc5)CC4)cnc32)cc1. The Bertz CT molecular complexity index is 1230. The molecule has 168 valence electrons. The van der Waals surface area contributed by atoms with Gasteiger partial charge in [0.05, 0.1) is 0 Å².